The molecule has 0 bridgehead atoms. The number of carbonyl (C=O) groups excluding carboxylic acids is 2. The molecule has 1 aliphatic heterocycles. The monoisotopic (exact) mass is 310 g/mol. The molecule has 1 aliphatic rings. The Morgan fingerprint density at radius 1 is 1.52 bits per heavy atom. The van der Waals surface area contributed by atoms with Gasteiger partial charge >= 0.3 is 12.0 Å². The highest BCUT2D eigenvalue weighted by molar-refractivity contribution is 7.18. The molecule has 0 aromatic carbocycles. The molecule has 21 heavy (non-hydrogen) atoms. The number of anilines is 1. The van der Waals surface area contributed by atoms with Crippen molar-refractivity contribution in [1.82, 2.24) is 4.90 Å². The van der Waals surface area contributed by atoms with Crippen LogP contribution in [0.4, 0.5) is 9.80 Å². The molecule has 0 radical (unpaired) electrons. The van der Waals surface area contributed by atoms with Crippen molar-refractivity contribution in [2.75, 3.05) is 25.0 Å². The summed E-state index contributed by atoms with van der Waals surface area (Å²) in [6.45, 7) is 7.73. The maximum atomic E-state index is 12.2. The van der Waals surface area contributed by atoms with E-state index in [1.165, 1.54) is 17.8 Å². The van der Waals surface area contributed by atoms with Crippen LogP contribution in [0, 0.1) is 12.8 Å². The minimum atomic E-state index is -0.327. The zero-order valence-corrected chi connectivity index (χ0v) is 13.6. The fourth-order valence-corrected chi connectivity index (χ4v) is 3.46. The van der Waals surface area contributed by atoms with Crippen LogP contribution >= 0.6 is 11.3 Å². The number of rotatable bonds is 3. The second kappa shape index (κ2) is 6.93. The summed E-state index contributed by atoms with van der Waals surface area (Å²) >= 11 is 1.27. The highest BCUT2D eigenvalue weighted by Gasteiger charge is 2.22. The molecule has 2 rings (SSSR count). The van der Waals surface area contributed by atoms with Crippen LogP contribution in [0.15, 0.2) is 6.07 Å². The molecule has 2 amide bonds. The van der Waals surface area contributed by atoms with Gasteiger partial charge in [0.2, 0.25) is 0 Å². The number of carbonyl (C=O) groups is 2. The van der Waals surface area contributed by atoms with E-state index >= 15 is 0 Å². The first-order chi connectivity index (χ1) is 10.0. The molecule has 2 heterocycles. The van der Waals surface area contributed by atoms with E-state index in [2.05, 4.69) is 12.2 Å². The Labute approximate surface area is 129 Å². The van der Waals surface area contributed by atoms with Gasteiger partial charge in [0, 0.05) is 13.1 Å². The van der Waals surface area contributed by atoms with Gasteiger partial charge in [0.05, 0.1) is 11.6 Å². The van der Waals surface area contributed by atoms with Crippen LogP contribution in [0.5, 0.6) is 0 Å². The Morgan fingerprint density at radius 3 is 2.95 bits per heavy atom. The zero-order chi connectivity index (χ0) is 15.4. The molecular weight excluding hydrogens is 288 g/mol. The molecule has 1 atom stereocenters. The third-order valence-electron chi connectivity index (χ3n) is 3.55. The second-order valence-corrected chi connectivity index (χ2v) is 6.52. The quantitative estimate of drug-likeness (QED) is 0.869. The predicted molar refractivity (Wildman–Crippen MR) is 84.0 cm³/mol. The van der Waals surface area contributed by atoms with E-state index in [4.69, 9.17) is 4.74 Å². The van der Waals surface area contributed by atoms with E-state index in [1.54, 1.807) is 6.92 Å². The SMILES string of the molecule is CCOC(=O)c1sc(NC(=O)N2CCCC(C)C2)cc1C. The van der Waals surface area contributed by atoms with E-state index in [-0.39, 0.29) is 12.0 Å². The van der Waals surface area contributed by atoms with E-state index in [9.17, 15) is 9.59 Å². The largest absolute Gasteiger partial charge is 0.462 e. The summed E-state index contributed by atoms with van der Waals surface area (Å²) in [6.07, 6.45) is 2.22. The van der Waals surface area contributed by atoms with Gasteiger partial charge in [-0.2, -0.15) is 0 Å². The van der Waals surface area contributed by atoms with Gasteiger partial charge in [0.1, 0.15) is 4.88 Å². The van der Waals surface area contributed by atoms with Crippen LogP contribution in [-0.4, -0.2) is 36.6 Å². The van der Waals surface area contributed by atoms with Crippen molar-refractivity contribution in [2.24, 2.45) is 5.92 Å². The molecule has 1 unspecified atom stereocenters. The molecule has 6 heteroatoms. The number of likely N-dealkylation sites (tertiary alicyclic amines) is 1. The average Bonchev–Trinajstić information content (AvgIpc) is 2.80. The summed E-state index contributed by atoms with van der Waals surface area (Å²) in [6, 6.07) is 1.74. The van der Waals surface area contributed by atoms with Crippen LogP contribution < -0.4 is 5.32 Å². The van der Waals surface area contributed by atoms with Gasteiger partial charge in [0.15, 0.2) is 0 Å². The summed E-state index contributed by atoms with van der Waals surface area (Å²) in [5.74, 6) is 0.219. The highest BCUT2D eigenvalue weighted by atomic mass is 32.1. The molecular formula is C15H22N2O3S. The molecule has 1 aromatic rings. The second-order valence-electron chi connectivity index (χ2n) is 5.47. The van der Waals surface area contributed by atoms with Crippen molar-refractivity contribution in [3.63, 3.8) is 0 Å². The minimum Gasteiger partial charge on any atom is -0.462 e. The standard InChI is InChI=1S/C15H22N2O3S/c1-4-20-14(18)13-11(3)8-12(21-13)16-15(19)17-7-5-6-10(2)9-17/h8,10H,4-7,9H2,1-3H3,(H,16,19). The lowest BCUT2D eigenvalue weighted by Crippen LogP contribution is -2.41. The summed E-state index contributed by atoms with van der Waals surface area (Å²) in [5, 5.41) is 3.58. The third kappa shape index (κ3) is 3.97. The van der Waals surface area contributed by atoms with Gasteiger partial charge in [-0.25, -0.2) is 9.59 Å². The Morgan fingerprint density at radius 2 is 2.29 bits per heavy atom. The van der Waals surface area contributed by atoms with Gasteiger partial charge in [-0.3, -0.25) is 5.32 Å². The maximum absolute atomic E-state index is 12.2. The predicted octanol–water partition coefficient (Wildman–Crippen LogP) is 3.50. The van der Waals surface area contributed by atoms with E-state index in [0.717, 1.165) is 25.1 Å². The van der Waals surface area contributed by atoms with Crippen molar-refractivity contribution in [3.8, 4) is 0 Å². The van der Waals surface area contributed by atoms with Gasteiger partial charge < -0.3 is 9.64 Å². The molecule has 0 aliphatic carbocycles. The van der Waals surface area contributed by atoms with Crippen LogP contribution in [0.1, 0.15) is 41.9 Å². The summed E-state index contributed by atoms with van der Waals surface area (Å²) in [4.78, 5) is 26.4. The van der Waals surface area contributed by atoms with E-state index in [0.29, 0.717) is 22.4 Å². The number of nitrogens with one attached hydrogen (secondary N) is 1. The van der Waals surface area contributed by atoms with Gasteiger partial charge in [-0.1, -0.05) is 6.92 Å². The summed E-state index contributed by atoms with van der Waals surface area (Å²) < 4.78 is 5.01. The number of ether oxygens (including phenoxy) is 1. The first kappa shape index (κ1) is 15.8. The van der Waals surface area contributed by atoms with Crippen molar-refractivity contribution in [3.05, 3.63) is 16.5 Å². The number of aryl methyl sites for hydroxylation is 1. The highest BCUT2D eigenvalue weighted by Crippen LogP contribution is 2.28. The van der Waals surface area contributed by atoms with Crippen LogP contribution in [0.2, 0.25) is 0 Å². The molecule has 116 valence electrons. The minimum absolute atomic E-state index is 0.0850. The van der Waals surface area contributed by atoms with Crippen molar-refractivity contribution in [1.29, 1.82) is 0 Å². The fraction of sp³-hybridized carbons (Fsp3) is 0.600. The molecule has 1 saturated heterocycles. The number of nitrogens with zero attached hydrogens (tertiary/aromatic N) is 1. The van der Waals surface area contributed by atoms with Crippen molar-refractivity contribution < 1.29 is 14.3 Å². The van der Waals surface area contributed by atoms with Crippen molar-refractivity contribution >= 4 is 28.3 Å². The third-order valence-corrected chi connectivity index (χ3v) is 4.69. The van der Waals surface area contributed by atoms with Gasteiger partial charge in [0.25, 0.3) is 0 Å². The molecule has 0 saturated carbocycles. The molecule has 1 N–H and O–H groups in total. The first-order valence-corrected chi connectivity index (χ1v) is 8.16. The fourth-order valence-electron chi connectivity index (χ4n) is 2.50. The summed E-state index contributed by atoms with van der Waals surface area (Å²) in [7, 11) is 0. The molecule has 1 aromatic heterocycles. The van der Waals surface area contributed by atoms with E-state index < -0.39 is 0 Å². The molecule has 5 nitrogen and oxygen atoms in total. The zero-order valence-electron chi connectivity index (χ0n) is 12.8. The Balaban J connectivity index is 2.01. The molecule has 0 spiro atoms. The van der Waals surface area contributed by atoms with Crippen molar-refractivity contribution in [2.45, 2.75) is 33.6 Å². The molecule has 1 fully saturated rings. The van der Waals surface area contributed by atoms with Crippen LogP contribution in [0.3, 0.4) is 0 Å². The normalized spacial score (nSPS) is 18.4. The number of thiophene rings is 1. The van der Waals surface area contributed by atoms with Crippen LogP contribution in [0.25, 0.3) is 0 Å². The topological polar surface area (TPSA) is 58.6 Å². The van der Waals surface area contributed by atoms with E-state index in [1.807, 2.05) is 17.9 Å². The Bertz CT molecular complexity index is 527. The smallest absolute Gasteiger partial charge is 0.348 e. The average molecular weight is 310 g/mol. The van der Waals surface area contributed by atoms with Crippen LogP contribution in [-0.2, 0) is 4.74 Å². The lowest BCUT2D eigenvalue weighted by Gasteiger charge is -2.30. The number of piperidine rings is 1. The number of amides is 2. The lowest BCUT2D eigenvalue weighted by atomic mass is 10.0. The summed E-state index contributed by atoms with van der Waals surface area (Å²) in [5.41, 5.74) is 0.834. The Hall–Kier alpha value is -1.56. The Kier molecular flexibility index (Phi) is 5.22. The first-order valence-electron chi connectivity index (χ1n) is 7.34. The number of esters is 1. The number of hydrogen-bond donors (Lipinski definition) is 1. The number of urea groups is 1. The van der Waals surface area contributed by atoms with Gasteiger partial charge in [-0.15, -0.1) is 11.3 Å². The lowest BCUT2D eigenvalue weighted by molar-refractivity contribution is 0.0531. The maximum Gasteiger partial charge on any atom is 0.348 e. The van der Waals surface area contributed by atoms with Gasteiger partial charge in [-0.05, 0) is 44.2 Å². The number of hydrogen-bond acceptors (Lipinski definition) is 4.